The zero-order valence-electron chi connectivity index (χ0n) is 15.9. The third-order valence-electron chi connectivity index (χ3n) is 4.01. The van der Waals surface area contributed by atoms with Crippen LogP contribution in [0.1, 0.15) is 18.1 Å². The lowest BCUT2D eigenvalue weighted by Gasteiger charge is -2.12. The van der Waals surface area contributed by atoms with Crippen molar-refractivity contribution >= 4 is 62.5 Å². The average molecular weight is 511 g/mol. The van der Waals surface area contributed by atoms with Crippen molar-refractivity contribution in [1.82, 2.24) is 4.90 Å². The van der Waals surface area contributed by atoms with E-state index in [-0.39, 0.29) is 11.5 Å². The van der Waals surface area contributed by atoms with Gasteiger partial charge in [-0.3, -0.25) is 19.3 Å². The van der Waals surface area contributed by atoms with Crippen LogP contribution in [0, 0.1) is 0 Å². The Morgan fingerprint density at radius 3 is 2.63 bits per heavy atom. The van der Waals surface area contributed by atoms with Crippen molar-refractivity contribution in [3.63, 3.8) is 0 Å². The number of amides is 2. The van der Waals surface area contributed by atoms with E-state index in [2.05, 4.69) is 15.9 Å². The second-order valence-corrected chi connectivity index (χ2v) is 8.42. The summed E-state index contributed by atoms with van der Waals surface area (Å²) >= 11 is 10.6. The lowest BCUT2D eigenvalue weighted by Crippen LogP contribution is -2.34. The smallest absolute Gasteiger partial charge is 0.326 e. The van der Waals surface area contributed by atoms with Gasteiger partial charge in [0.1, 0.15) is 13.2 Å². The lowest BCUT2D eigenvalue weighted by molar-refractivity contribution is -0.145. The first-order chi connectivity index (χ1) is 14.4. The van der Waals surface area contributed by atoms with Crippen LogP contribution in [0.2, 0.25) is 5.02 Å². The molecule has 0 spiro atoms. The minimum Gasteiger partial charge on any atom is -0.486 e. The average Bonchev–Trinajstić information content (AvgIpc) is 2.95. The summed E-state index contributed by atoms with van der Waals surface area (Å²) in [6.45, 7) is 1.77. The summed E-state index contributed by atoms with van der Waals surface area (Å²) in [7, 11) is 0. The molecular formula is C21H17BrClNO5S. The van der Waals surface area contributed by atoms with Crippen LogP contribution in [0.5, 0.6) is 5.75 Å². The Balaban J connectivity index is 1.75. The maximum Gasteiger partial charge on any atom is 0.326 e. The van der Waals surface area contributed by atoms with E-state index in [0.29, 0.717) is 27.4 Å². The first-order valence-electron chi connectivity index (χ1n) is 8.95. The van der Waals surface area contributed by atoms with Gasteiger partial charge in [0.05, 0.1) is 21.0 Å². The lowest BCUT2D eigenvalue weighted by atomic mass is 10.2. The molecule has 0 saturated carbocycles. The van der Waals surface area contributed by atoms with Crippen LogP contribution in [0.3, 0.4) is 0 Å². The maximum absolute atomic E-state index is 12.5. The number of carbonyl (C=O) groups excluding carboxylic acids is 3. The highest BCUT2D eigenvalue weighted by Crippen LogP contribution is 2.38. The van der Waals surface area contributed by atoms with Gasteiger partial charge in [0.25, 0.3) is 11.1 Å². The number of imide groups is 1. The predicted molar refractivity (Wildman–Crippen MR) is 119 cm³/mol. The molecule has 0 aliphatic carbocycles. The highest BCUT2D eigenvalue weighted by molar-refractivity contribution is 9.10. The first kappa shape index (κ1) is 22.4. The molecule has 0 atom stereocenters. The molecule has 3 rings (SSSR count). The molecule has 2 aromatic carbocycles. The summed E-state index contributed by atoms with van der Waals surface area (Å²) in [5.41, 5.74) is 1.61. The second kappa shape index (κ2) is 10.1. The highest BCUT2D eigenvalue weighted by atomic mass is 79.9. The van der Waals surface area contributed by atoms with E-state index >= 15 is 0 Å². The fraction of sp³-hybridized carbons (Fsp3) is 0.190. The SMILES string of the molecule is CCOC(=O)CN1C(=O)S/C(=C/c2cc(Cl)c(OCc3ccccc3)c(Br)c2)C1=O. The molecule has 6 nitrogen and oxygen atoms in total. The van der Waals surface area contributed by atoms with Gasteiger partial charge in [-0.25, -0.2) is 0 Å². The molecule has 1 aliphatic rings. The number of hydrogen-bond acceptors (Lipinski definition) is 6. The summed E-state index contributed by atoms with van der Waals surface area (Å²) < 4.78 is 11.2. The standard InChI is InChI=1S/C21H17BrClNO5S/c1-2-28-18(25)11-24-20(26)17(30-21(24)27)10-14-8-15(22)19(16(23)9-14)29-12-13-6-4-3-5-7-13/h3-10H,2,11-12H2,1H3/b17-10+. The number of ether oxygens (including phenoxy) is 2. The van der Waals surface area contributed by atoms with Crippen LogP contribution in [0.4, 0.5) is 4.79 Å². The highest BCUT2D eigenvalue weighted by Gasteiger charge is 2.36. The number of carbonyl (C=O) groups is 3. The molecule has 1 saturated heterocycles. The van der Waals surface area contributed by atoms with Gasteiger partial charge >= 0.3 is 5.97 Å². The van der Waals surface area contributed by atoms with Crippen LogP contribution in [0.15, 0.2) is 51.8 Å². The fourth-order valence-corrected chi connectivity index (χ4v) is 4.48. The van der Waals surface area contributed by atoms with E-state index in [9.17, 15) is 14.4 Å². The van der Waals surface area contributed by atoms with Crippen molar-refractivity contribution in [3.8, 4) is 5.75 Å². The summed E-state index contributed by atoms with van der Waals surface area (Å²) in [5, 5.41) is -0.162. The van der Waals surface area contributed by atoms with E-state index in [1.54, 1.807) is 25.1 Å². The molecule has 1 heterocycles. The van der Waals surface area contributed by atoms with Gasteiger partial charge in [0, 0.05) is 0 Å². The number of halogens is 2. The van der Waals surface area contributed by atoms with Crippen LogP contribution < -0.4 is 4.74 Å². The Morgan fingerprint density at radius 1 is 1.23 bits per heavy atom. The Morgan fingerprint density at radius 2 is 1.97 bits per heavy atom. The zero-order valence-corrected chi connectivity index (χ0v) is 19.1. The molecule has 0 unspecified atom stereocenters. The minimum absolute atomic E-state index is 0.177. The van der Waals surface area contributed by atoms with Crippen LogP contribution in [-0.2, 0) is 20.9 Å². The van der Waals surface area contributed by atoms with Crippen molar-refractivity contribution in [1.29, 1.82) is 0 Å². The third kappa shape index (κ3) is 5.44. The molecule has 2 aromatic rings. The molecule has 0 aromatic heterocycles. The number of benzene rings is 2. The number of hydrogen-bond donors (Lipinski definition) is 0. The summed E-state index contributed by atoms with van der Waals surface area (Å²) in [6.07, 6.45) is 1.55. The Kier molecular flexibility index (Phi) is 7.58. The molecule has 1 aliphatic heterocycles. The van der Waals surface area contributed by atoms with Crippen molar-refractivity contribution in [2.75, 3.05) is 13.2 Å². The van der Waals surface area contributed by atoms with Crippen molar-refractivity contribution in [3.05, 3.63) is 68.0 Å². The molecule has 2 amide bonds. The Labute approximate surface area is 191 Å². The first-order valence-corrected chi connectivity index (χ1v) is 10.9. The maximum atomic E-state index is 12.5. The second-order valence-electron chi connectivity index (χ2n) is 6.16. The zero-order chi connectivity index (χ0) is 21.7. The molecule has 0 N–H and O–H groups in total. The van der Waals surface area contributed by atoms with Gasteiger partial charge in [-0.1, -0.05) is 41.9 Å². The van der Waals surface area contributed by atoms with Gasteiger partial charge in [-0.15, -0.1) is 0 Å². The van der Waals surface area contributed by atoms with E-state index in [1.165, 1.54) is 0 Å². The van der Waals surface area contributed by atoms with Gasteiger partial charge in [-0.2, -0.15) is 0 Å². The van der Waals surface area contributed by atoms with Gasteiger partial charge in [0.15, 0.2) is 5.75 Å². The fourth-order valence-electron chi connectivity index (χ4n) is 2.65. The number of nitrogens with zero attached hydrogens (tertiary/aromatic N) is 1. The topological polar surface area (TPSA) is 72.9 Å². The Hall–Kier alpha value is -2.29. The van der Waals surface area contributed by atoms with Crippen molar-refractivity contribution < 1.29 is 23.9 Å². The van der Waals surface area contributed by atoms with E-state index < -0.39 is 23.7 Å². The summed E-state index contributed by atoms with van der Waals surface area (Å²) in [5.74, 6) is -0.699. The molecular weight excluding hydrogens is 494 g/mol. The van der Waals surface area contributed by atoms with Crippen LogP contribution >= 0.6 is 39.3 Å². The van der Waals surface area contributed by atoms with Crippen LogP contribution in [-0.4, -0.2) is 35.2 Å². The van der Waals surface area contributed by atoms with Crippen molar-refractivity contribution in [2.24, 2.45) is 0 Å². The monoisotopic (exact) mass is 509 g/mol. The normalized spacial score (nSPS) is 15.0. The quantitative estimate of drug-likeness (QED) is 0.373. The van der Waals surface area contributed by atoms with E-state index in [1.807, 2.05) is 30.3 Å². The third-order valence-corrected chi connectivity index (χ3v) is 5.79. The summed E-state index contributed by atoms with van der Waals surface area (Å²) in [6, 6.07) is 13.1. The molecule has 30 heavy (non-hydrogen) atoms. The van der Waals surface area contributed by atoms with Crippen LogP contribution in [0.25, 0.3) is 6.08 Å². The van der Waals surface area contributed by atoms with Crippen molar-refractivity contribution in [2.45, 2.75) is 13.5 Å². The Bertz CT molecular complexity index is 989. The molecule has 156 valence electrons. The predicted octanol–water partition coefficient (Wildman–Crippen LogP) is 5.28. The summed E-state index contributed by atoms with van der Waals surface area (Å²) in [4.78, 5) is 37.3. The molecule has 0 bridgehead atoms. The largest absolute Gasteiger partial charge is 0.486 e. The molecule has 0 radical (unpaired) electrons. The van der Waals surface area contributed by atoms with E-state index in [0.717, 1.165) is 22.2 Å². The molecule has 9 heteroatoms. The molecule has 1 fully saturated rings. The van der Waals surface area contributed by atoms with Gasteiger partial charge in [-0.05, 0) is 64.0 Å². The van der Waals surface area contributed by atoms with E-state index in [4.69, 9.17) is 21.1 Å². The minimum atomic E-state index is -0.633. The van der Waals surface area contributed by atoms with Gasteiger partial charge in [0.2, 0.25) is 0 Å². The van der Waals surface area contributed by atoms with Gasteiger partial charge < -0.3 is 9.47 Å². The number of thioether (sulfide) groups is 1. The number of esters is 1. The number of rotatable bonds is 7.